The predicted octanol–water partition coefficient (Wildman–Crippen LogP) is 5.42. The number of amides is 1. The molecule has 0 aromatic heterocycles. The van der Waals surface area contributed by atoms with Gasteiger partial charge in [-0.1, -0.05) is 41.9 Å². The van der Waals surface area contributed by atoms with Crippen molar-refractivity contribution in [1.82, 2.24) is 5.32 Å². The number of fused-ring (bicyclic) bond motifs is 1. The average molecular weight is 496 g/mol. The number of carboxylic acid groups (broad SMARTS) is 1. The monoisotopic (exact) mass is 495 g/mol. The second kappa shape index (κ2) is 11.3. The van der Waals surface area contributed by atoms with Crippen molar-refractivity contribution in [2.45, 2.75) is 31.9 Å². The van der Waals surface area contributed by atoms with Crippen LogP contribution < -0.4 is 14.8 Å². The summed E-state index contributed by atoms with van der Waals surface area (Å²) in [6.45, 7) is 2.67. The van der Waals surface area contributed by atoms with Gasteiger partial charge in [-0.25, -0.2) is 0 Å². The first-order chi connectivity index (χ1) is 16.9. The molecule has 7 nitrogen and oxygen atoms in total. The van der Waals surface area contributed by atoms with E-state index in [9.17, 15) is 14.7 Å². The van der Waals surface area contributed by atoms with Crippen molar-refractivity contribution >= 4 is 23.5 Å². The zero-order valence-corrected chi connectivity index (χ0v) is 20.0. The molecule has 35 heavy (non-hydrogen) atoms. The normalized spacial score (nSPS) is 15.4. The van der Waals surface area contributed by atoms with Gasteiger partial charge >= 0.3 is 5.97 Å². The number of carbonyl (C=O) groups is 2. The van der Waals surface area contributed by atoms with Crippen LogP contribution in [0.2, 0.25) is 5.02 Å². The summed E-state index contributed by atoms with van der Waals surface area (Å²) in [4.78, 5) is 24.3. The maximum absolute atomic E-state index is 12.8. The van der Waals surface area contributed by atoms with Gasteiger partial charge in [-0.15, -0.1) is 0 Å². The van der Waals surface area contributed by atoms with Crippen molar-refractivity contribution in [3.8, 4) is 17.2 Å². The summed E-state index contributed by atoms with van der Waals surface area (Å²) >= 11 is 6.36. The number of carbonyl (C=O) groups excluding carboxylic acids is 1. The number of hydrogen-bond acceptors (Lipinski definition) is 5. The highest BCUT2D eigenvalue weighted by atomic mass is 35.5. The van der Waals surface area contributed by atoms with Crippen LogP contribution in [0, 0.1) is 0 Å². The van der Waals surface area contributed by atoms with E-state index >= 15 is 0 Å². The summed E-state index contributed by atoms with van der Waals surface area (Å²) in [6.07, 6.45) is 0.496. The highest BCUT2D eigenvalue weighted by Crippen LogP contribution is 2.41. The smallest absolute Gasteiger partial charge is 0.311 e. The maximum Gasteiger partial charge on any atom is 0.311 e. The van der Waals surface area contributed by atoms with E-state index in [4.69, 9.17) is 25.8 Å². The number of halogens is 1. The lowest BCUT2D eigenvalue weighted by Crippen LogP contribution is -2.38. The molecule has 1 heterocycles. The van der Waals surface area contributed by atoms with Gasteiger partial charge in [0, 0.05) is 30.2 Å². The lowest BCUT2D eigenvalue weighted by atomic mass is 9.93. The summed E-state index contributed by atoms with van der Waals surface area (Å²) in [5, 5.41) is 12.6. The van der Waals surface area contributed by atoms with Crippen LogP contribution in [0.15, 0.2) is 66.7 Å². The van der Waals surface area contributed by atoms with Crippen LogP contribution in [0.1, 0.15) is 40.7 Å². The van der Waals surface area contributed by atoms with Gasteiger partial charge in [0.25, 0.3) is 5.91 Å². The number of rotatable bonds is 9. The molecule has 1 amide bonds. The Bertz CT molecular complexity index is 1180. The van der Waals surface area contributed by atoms with E-state index in [0.717, 1.165) is 5.56 Å². The first-order valence-corrected chi connectivity index (χ1v) is 11.8. The van der Waals surface area contributed by atoms with Crippen LogP contribution in [0.3, 0.4) is 0 Å². The summed E-state index contributed by atoms with van der Waals surface area (Å²) in [7, 11) is 0. The third-order valence-electron chi connectivity index (χ3n) is 5.67. The number of aliphatic carboxylic acids is 1. The maximum atomic E-state index is 12.8. The summed E-state index contributed by atoms with van der Waals surface area (Å²) in [5.74, 6) is -0.577. The van der Waals surface area contributed by atoms with E-state index in [2.05, 4.69) is 5.32 Å². The Labute approximate surface area is 208 Å². The van der Waals surface area contributed by atoms with Gasteiger partial charge < -0.3 is 24.6 Å². The number of benzene rings is 3. The Morgan fingerprint density at radius 1 is 1.14 bits per heavy atom. The fraction of sp³-hybridized carbons (Fsp3) is 0.259. The molecule has 4 rings (SSSR count). The molecule has 0 spiro atoms. The highest BCUT2D eigenvalue weighted by Gasteiger charge is 2.29. The minimum Gasteiger partial charge on any atom is -0.493 e. The predicted molar refractivity (Wildman–Crippen MR) is 131 cm³/mol. The largest absolute Gasteiger partial charge is 0.493 e. The molecule has 2 N–H and O–H groups in total. The molecule has 3 aromatic rings. The summed E-state index contributed by atoms with van der Waals surface area (Å²) in [5.41, 5.74) is 2.06. The minimum absolute atomic E-state index is 0.258. The average Bonchev–Trinajstić information content (AvgIpc) is 2.85. The SMILES string of the molecule is CCOC(Cc1ccccc1)NC(=O)c1ccc(Oc2cc3c(cc2Cl)C(C(=O)O)CCO3)cc1. The Morgan fingerprint density at radius 2 is 1.89 bits per heavy atom. The van der Waals surface area contributed by atoms with Crippen LogP contribution in [-0.4, -0.2) is 36.4 Å². The third kappa shape index (κ3) is 6.12. The van der Waals surface area contributed by atoms with E-state index in [-0.39, 0.29) is 10.9 Å². The molecule has 0 radical (unpaired) electrons. The van der Waals surface area contributed by atoms with E-state index in [0.29, 0.717) is 54.4 Å². The van der Waals surface area contributed by atoms with Crippen molar-refractivity contribution in [3.05, 3.63) is 88.4 Å². The van der Waals surface area contributed by atoms with Gasteiger partial charge in [0.1, 0.15) is 23.5 Å². The molecule has 2 unspecified atom stereocenters. The number of nitrogens with one attached hydrogen (secondary N) is 1. The zero-order chi connectivity index (χ0) is 24.8. The summed E-state index contributed by atoms with van der Waals surface area (Å²) in [6, 6.07) is 19.6. The van der Waals surface area contributed by atoms with Crippen LogP contribution in [0.25, 0.3) is 0 Å². The Morgan fingerprint density at radius 3 is 2.57 bits per heavy atom. The van der Waals surface area contributed by atoms with Crippen LogP contribution >= 0.6 is 11.6 Å². The minimum atomic E-state index is -0.913. The second-order valence-electron chi connectivity index (χ2n) is 8.08. The molecule has 1 aliphatic heterocycles. The third-order valence-corrected chi connectivity index (χ3v) is 5.97. The van der Waals surface area contributed by atoms with E-state index in [1.54, 1.807) is 36.4 Å². The van der Waals surface area contributed by atoms with Gasteiger partial charge in [-0.05, 0) is 49.2 Å². The highest BCUT2D eigenvalue weighted by molar-refractivity contribution is 6.32. The summed E-state index contributed by atoms with van der Waals surface area (Å²) < 4.78 is 17.2. The molecule has 0 aliphatic carbocycles. The first-order valence-electron chi connectivity index (χ1n) is 11.4. The van der Waals surface area contributed by atoms with Gasteiger partial charge in [-0.2, -0.15) is 0 Å². The van der Waals surface area contributed by atoms with Crippen molar-refractivity contribution in [3.63, 3.8) is 0 Å². The second-order valence-corrected chi connectivity index (χ2v) is 8.49. The molecule has 0 saturated heterocycles. The topological polar surface area (TPSA) is 94.1 Å². The standard InChI is InChI=1S/C27H26ClNO6/c1-2-33-25(14-17-6-4-3-5-7-17)29-26(30)18-8-10-19(11-9-18)35-24-16-23-21(15-22(24)28)20(27(31)32)12-13-34-23/h3-11,15-16,20,25H,2,12-14H2,1H3,(H,29,30)(H,31,32). The van der Waals surface area contributed by atoms with Gasteiger partial charge in [0.05, 0.1) is 17.5 Å². The molecule has 2 atom stereocenters. The van der Waals surface area contributed by atoms with E-state index < -0.39 is 18.1 Å². The molecule has 1 aliphatic rings. The van der Waals surface area contributed by atoms with E-state index in [1.807, 2.05) is 37.3 Å². The van der Waals surface area contributed by atoms with E-state index in [1.165, 1.54) is 0 Å². The zero-order valence-electron chi connectivity index (χ0n) is 19.2. The Hall–Kier alpha value is -3.55. The van der Waals surface area contributed by atoms with Gasteiger partial charge in [-0.3, -0.25) is 9.59 Å². The fourth-order valence-corrected chi connectivity index (χ4v) is 4.15. The van der Waals surface area contributed by atoms with Crippen LogP contribution in [-0.2, 0) is 16.0 Å². The fourth-order valence-electron chi connectivity index (χ4n) is 3.94. The van der Waals surface area contributed by atoms with Crippen LogP contribution in [0.4, 0.5) is 0 Å². The first kappa shape index (κ1) is 24.6. The molecule has 0 saturated carbocycles. The van der Waals surface area contributed by atoms with Gasteiger partial charge in [0.15, 0.2) is 0 Å². The Balaban J connectivity index is 1.43. The molecule has 0 bridgehead atoms. The lowest BCUT2D eigenvalue weighted by molar-refractivity contribution is -0.139. The number of ether oxygens (including phenoxy) is 3. The molecular weight excluding hydrogens is 470 g/mol. The van der Waals surface area contributed by atoms with Crippen molar-refractivity contribution < 1.29 is 28.9 Å². The van der Waals surface area contributed by atoms with Crippen molar-refractivity contribution in [1.29, 1.82) is 0 Å². The quantitative estimate of drug-likeness (QED) is 0.385. The molecule has 3 aromatic carbocycles. The lowest BCUT2D eigenvalue weighted by Gasteiger charge is -2.24. The Kier molecular flexibility index (Phi) is 7.90. The van der Waals surface area contributed by atoms with Crippen LogP contribution in [0.5, 0.6) is 17.2 Å². The molecule has 8 heteroatoms. The number of carboxylic acids is 1. The molecular formula is C27H26ClNO6. The number of hydrogen-bond donors (Lipinski definition) is 2. The van der Waals surface area contributed by atoms with Crippen molar-refractivity contribution in [2.24, 2.45) is 0 Å². The van der Waals surface area contributed by atoms with Gasteiger partial charge in [0.2, 0.25) is 0 Å². The van der Waals surface area contributed by atoms with Crippen molar-refractivity contribution in [2.75, 3.05) is 13.2 Å². The molecule has 0 fully saturated rings. The molecule has 182 valence electrons.